The Bertz CT molecular complexity index is 651. The number of hydrogen-bond acceptors (Lipinski definition) is 4. The zero-order chi connectivity index (χ0) is 14.8. The summed E-state index contributed by atoms with van der Waals surface area (Å²) in [5.74, 6) is 2.05. The molecule has 21 heavy (non-hydrogen) atoms. The molecule has 4 heteroatoms. The summed E-state index contributed by atoms with van der Waals surface area (Å²) in [6.45, 7) is 0.672. The lowest BCUT2D eigenvalue weighted by Gasteiger charge is -2.16. The van der Waals surface area contributed by atoms with E-state index >= 15 is 0 Å². The third-order valence-electron chi connectivity index (χ3n) is 3.76. The van der Waals surface area contributed by atoms with Gasteiger partial charge in [-0.3, -0.25) is 0 Å². The first-order valence-corrected chi connectivity index (χ1v) is 6.89. The van der Waals surface area contributed by atoms with Crippen molar-refractivity contribution in [3.8, 4) is 17.2 Å². The van der Waals surface area contributed by atoms with E-state index in [2.05, 4.69) is 0 Å². The van der Waals surface area contributed by atoms with E-state index in [-0.39, 0.29) is 0 Å². The predicted octanol–water partition coefficient (Wildman–Crippen LogP) is 2.72. The van der Waals surface area contributed by atoms with Crippen LogP contribution in [0.2, 0.25) is 0 Å². The Kier molecular flexibility index (Phi) is 3.71. The zero-order valence-corrected chi connectivity index (χ0v) is 12.1. The molecule has 1 heterocycles. The van der Waals surface area contributed by atoms with E-state index in [1.165, 1.54) is 0 Å². The second kappa shape index (κ2) is 5.66. The summed E-state index contributed by atoms with van der Waals surface area (Å²) in [5.41, 5.74) is 2.68. The first-order chi connectivity index (χ1) is 10.2. The van der Waals surface area contributed by atoms with Crippen LogP contribution in [0.1, 0.15) is 22.8 Å². The van der Waals surface area contributed by atoms with Gasteiger partial charge in [-0.25, -0.2) is 0 Å². The summed E-state index contributed by atoms with van der Waals surface area (Å²) in [4.78, 5) is 0. The highest BCUT2D eigenvalue weighted by Crippen LogP contribution is 2.38. The van der Waals surface area contributed by atoms with Crippen LogP contribution in [-0.4, -0.2) is 25.9 Å². The molecule has 0 fully saturated rings. The lowest BCUT2D eigenvalue weighted by Crippen LogP contribution is -2.03. The third-order valence-corrected chi connectivity index (χ3v) is 3.76. The van der Waals surface area contributed by atoms with Crippen LogP contribution in [0.15, 0.2) is 36.4 Å². The number of hydrogen-bond donors (Lipinski definition) is 1. The molecule has 0 bridgehead atoms. The molecule has 0 spiro atoms. The van der Waals surface area contributed by atoms with Gasteiger partial charge in [-0.15, -0.1) is 0 Å². The van der Waals surface area contributed by atoms with Gasteiger partial charge < -0.3 is 19.3 Å². The molecule has 0 saturated carbocycles. The van der Waals surface area contributed by atoms with Crippen molar-refractivity contribution in [2.45, 2.75) is 12.5 Å². The van der Waals surface area contributed by atoms with Crippen LogP contribution >= 0.6 is 0 Å². The van der Waals surface area contributed by atoms with E-state index in [9.17, 15) is 5.11 Å². The summed E-state index contributed by atoms with van der Waals surface area (Å²) in [7, 11) is 3.17. The second-order valence-corrected chi connectivity index (χ2v) is 4.95. The van der Waals surface area contributed by atoms with Crippen molar-refractivity contribution in [3.63, 3.8) is 0 Å². The van der Waals surface area contributed by atoms with E-state index in [0.717, 1.165) is 28.9 Å². The van der Waals surface area contributed by atoms with Crippen LogP contribution in [0.25, 0.3) is 0 Å². The molecule has 3 rings (SSSR count). The highest BCUT2D eigenvalue weighted by Gasteiger charge is 2.22. The van der Waals surface area contributed by atoms with Gasteiger partial charge in [-0.1, -0.05) is 24.3 Å². The van der Waals surface area contributed by atoms with Gasteiger partial charge in [-0.2, -0.15) is 0 Å². The summed E-state index contributed by atoms with van der Waals surface area (Å²) in [6.07, 6.45) is 0.139. The second-order valence-electron chi connectivity index (χ2n) is 4.95. The maximum atomic E-state index is 10.7. The monoisotopic (exact) mass is 286 g/mol. The molecule has 0 aliphatic carbocycles. The van der Waals surface area contributed by atoms with E-state index in [1.54, 1.807) is 26.4 Å². The van der Waals surface area contributed by atoms with Crippen LogP contribution in [-0.2, 0) is 6.42 Å². The number of ether oxygens (including phenoxy) is 3. The molecule has 0 amide bonds. The number of methoxy groups -OCH3 is 2. The Balaban J connectivity index is 1.99. The number of para-hydroxylation sites is 1. The van der Waals surface area contributed by atoms with Crippen molar-refractivity contribution in [2.75, 3.05) is 20.8 Å². The number of aliphatic hydroxyl groups is 1. The first kappa shape index (κ1) is 13.8. The summed E-state index contributed by atoms with van der Waals surface area (Å²) < 4.78 is 16.2. The molecule has 1 N–H and O–H groups in total. The molecule has 1 aliphatic heterocycles. The molecule has 2 aromatic carbocycles. The largest absolute Gasteiger partial charge is 0.493 e. The normalized spacial score (nSPS) is 14.2. The fourth-order valence-corrected chi connectivity index (χ4v) is 2.66. The number of benzene rings is 2. The quantitative estimate of drug-likeness (QED) is 0.939. The Morgan fingerprint density at radius 3 is 2.67 bits per heavy atom. The van der Waals surface area contributed by atoms with Crippen molar-refractivity contribution in [2.24, 2.45) is 0 Å². The molecule has 0 aromatic heterocycles. The molecule has 1 aliphatic rings. The highest BCUT2D eigenvalue weighted by atomic mass is 16.5. The van der Waals surface area contributed by atoms with Crippen molar-refractivity contribution in [3.05, 3.63) is 53.1 Å². The van der Waals surface area contributed by atoms with Gasteiger partial charge in [0.05, 0.1) is 20.8 Å². The molecular formula is C17H18O4. The fraction of sp³-hybridized carbons (Fsp3) is 0.294. The predicted molar refractivity (Wildman–Crippen MR) is 79.2 cm³/mol. The van der Waals surface area contributed by atoms with Gasteiger partial charge in [0.25, 0.3) is 0 Å². The third kappa shape index (κ3) is 2.43. The Hall–Kier alpha value is -2.20. The lowest BCUT2D eigenvalue weighted by atomic mass is 9.98. The van der Waals surface area contributed by atoms with Gasteiger partial charge in [0.1, 0.15) is 11.9 Å². The minimum atomic E-state index is -0.752. The van der Waals surface area contributed by atoms with E-state index < -0.39 is 6.10 Å². The molecule has 2 aromatic rings. The number of aliphatic hydroxyl groups excluding tert-OH is 1. The Labute approximate surface area is 123 Å². The molecule has 1 unspecified atom stereocenters. The minimum absolute atomic E-state index is 0.600. The van der Waals surface area contributed by atoms with E-state index in [4.69, 9.17) is 14.2 Å². The highest BCUT2D eigenvalue weighted by molar-refractivity contribution is 5.50. The van der Waals surface area contributed by atoms with E-state index in [1.807, 2.05) is 24.3 Å². The van der Waals surface area contributed by atoms with Crippen LogP contribution in [0.4, 0.5) is 0 Å². The summed E-state index contributed by atoms with van der Waals surface area (Å²) in [5, 5.41) is 10.7. The summed E-state index contributed by atoms with van der Waals surface area (Å²) in [6, 6.07) is 11.3. The van der Waals surface area contributed by atoms with Gasteiger partial charge in [0.15, 0.2) is 11.5 Å². The standard InChI is InChI=1S/C17H18O4/c1-19-14-7-6-12(10-15(14)20-2)16(18)13-5-3-4-11-8-9-21-17(11)13/h3-7,10,16,18H,8-9H2,1-2H3. The fourth-order valence-electron chi connectivity index (χ4n) is 2.66. The molecule has 110 valence electrons. The van der Waals surface area contributed by atoms with Crippen LogP contribution < -0.4 is 14.2 Å². The minimum Gasteiger partial charge on any atom is -0.493 e. The average molecular weight is 286 g/mol. The Morgan fingerprint density at radius 2 is 1.90 bits per heavy atom. The maximum Gasteiger partial charge on any atom is 0.161 e. The lowest BCUT2D eigenvalue weighted by molar-refractivity contribution is 0.213. The molecule has 0 radical (unpaired) electrons. The van der Waals surface area contributed by atoms with E-state index in [0.29, 0.717) is 18.1 Å². The number of fused-ring (bicyclic) bond motifs is 1. The average Bonchev–Trinajstić information content (AvgIpc) is 3.02. The maximum absolute atomic E-state index is 10.7. The smallest absolute Gasteiger partial charge is 0.161 e. The van der Waals surface area contributed by atoms with Crippen molar-refractivity contribution in [1.29, 1.82) is 0 Å². The van der Waals surface area contributed by atoms with Gasteiger partial charge in [0.2, 0.25) is 0 Å². The van der Waals surface area contributed by atoms with Crippen LogP contribution in [0.5, 0.6) is 17.2 Å². The van der Waals surface area contributed by atoms with Crippen LogP contribution in [0, 0.1) is 0 Å². The van der Waals surface area contributed by atoms with Crippen molar-refractivity contribution >= 4 is 0 Å². The molecule has 0 saturated heterocycles. The molecule has 1 atom stereocenters. The zero-order valence-electron chi connectivity index (χ0n) is 12.1. The van der Waals surface area contributed by atoms with Gasteiger partial charge in [-0.05, 0) is 23.3 Å². The molecular weight excluding hydrogens is 268 g/mol. The SMILES string of the molecule is COc1ccc(C(O)c2cccc3c2OCC3)cc1OC. The van der Waals surface area contributed by atoms with Crippen molar-refractivity contribution in [1.82, 2.24) is 0 Å². The summed E-state index contributed by atoms with van der Waals surface area (Å²) >= 11 is 0. The number of rotatable bonds is 4. The van der Waals surface area contributed by atoms with Gasteiger partial charge in [0, 0.05) is 12.0 Å². The topological polar surface area (TPSA) is 47.9 Å². The Morgan fingerprint density at radius 1 is 1.10 bits per heavy atom. The van der Waals surface area contributed by atoms with Crippen LogP contribution in [0.3, 0.4) is 0 Å². The van der Waals surface area contributed by atoms with Gasteiger partial charge >= 0.3 is 0 Å². The molecule has 4 nitrogen and oxygen atoms in total. The first-order valence-electron chi connectivity index (χ1n) is 6.89. The van der Waals surface area contributed by atoms with Crippen molar-refractivity contribution < 1.29 is 19.3 Å².